The Morgan fingerprint density at radius 2 is 1.92 bits per heavy atom. The molecule has 0 saturated carbocycles. The molecule has 128 valence electrons. The molecular formula is C20H11ClO4S. The Morgan fingerprint density at radius 1 is 1.12 bits per heavy atom. The van der Waals surface area contributed by atoms with E-state index in [4.69, 9.17) is 21.1 Å². The van der Waals surface area contributed by atoms with Crippen LogP contribution in [0.25, 0.3) is 6.08 Å². The van der Waals surface area contributed by atoms with E-state index in [1.54, 1.807) is 66.1 Å². The second-order valence-electron chi connectivity index (χ2n) is 5.52. The number of allylic oxidation sites excluding steroid dienone is 1. The predicted molar refractivity (Wildman–Crippen MR) is 100 cm³/mol. The number of rotatable bonds is 3. The SMILES string of the molecule is O=C(Oc1ccc2c(c1)O/C(=C\c1ccc(Cl)cc1)C2=O)c1cccs1. The first-order valence-corrected chi connectivity index (χ1v) is 8.95. The van der Waals surface area contributed by atoms with Gasteiger partial charge in [-0.25, -0.2) is 4.79 Å². The zero-order chi connectivity index (χ0) is 18.1. The molecule has 2 heterocycles. The molecule has 4 nitrogen and oxygen atoms in total. The van der Waals surface area contributed by atoms with E-state index >= 15 is 0 Å². The molecule has 4 rings (SSSR count). The Bertz CT molecular complexity index is 1020. The maximum absolute atomic E-state index is 12.5. The van der Waals surface area contributed by atoms with Gasteiger partial charge in [0.15, 0.2) is 5.76 Å². The molecule has 0 amide bonds. The highest BCUT2D eigenvalue weighted by Gasteiger charge is 2.28. The lowest BCUT2D eigenvalue weighted by molar-refractivity contribution is 0.0739. The molecule has 0 N–H and O–H groups in total. The van der Waals surface area contributed by atoms with E-state index in [1.165, 1.54) is 11.3 Å². The monoisotopic (exact) mass is 382 g/mol. The van der Waals surface area contributed by atoms with E-state index in [2.05, 4.69) is 0 Å². The van der Waals surface area contributed by atoms with Crippen molar-refractivity contribution in [3.8, 4) is 11.5 Å². The molecule has 0 aliphatic carbocycles. The molecule has 0 saturated heterocycles. The minimum atomic E-state index is -0.443. The van der Waals surface area contributed by atoms with Crippen LogP contribution in [0.15, 0.2) is 65.7 Å². The van der Waals surface area contributed by atoms with Gasteiger partial charge in [0, 0.05) is 11.1 Å². The average Bonchev–Trinajstić information content (AvgIpc) is 3.26. The maximum Gasteiger partial charge on any atom is 0.353 e. The third kappa shape index (κ3) is 3.27. The number of ether oxygens (including phenoxy) is 2. The topological polar surface area (TPSA) is 52.6 Å². The molecule has 1 aliphatic rings. The van der Waals surface area contributed by atoms with Crippen LogP contribution in [0.1, 0.15) is 25.6 Å². The van der Waals surface area contributed by atoms with Crippen molar-refractivity contribution in [1.29, 1.82) is 0 Å². The summed E-state index contributed by atoms with van der Waals surface area (Å²) in [4.78, 5) is 25.0. The predicted octanol–water partition coefficient (Wildman–Crippen LogP) is 5.24. The van der Waals surface area contributed by atoms with Crippen LogP contribution in [0.2, 0.25) is 5.02 Å². The summed E-state index contributed by atoms with van der Waals surface area (Å²) in [6.07, 6.45) is 1.65. The number of Topliss-reactive ketones (excluding diaryl/α,β-unsaturated/α-hetero) is 1. The van der Waals surface area contributed by atoms with E-state index in [0.29, 0.717) is 27.0 Å². The third-order valence-electron chi connectivity index (χ3n) is 3.74. The van der Waals surface area contributed by atoms with Crippen LogP contribution >= 0.6 is 22.9 Å². The average molecular weight is 383 g/mol. The van der Waals surface area contributed by atoms with Crippen LogP contribution < -0.4 is 9.47 Å². The molecule has 0 spiro atoms. The van der Waals surface area contributed by atoms with Crippen molar-refractivity contribution in [3.05, 3.63) is 86.8 Å². The molecule has 2 aromatic carbocycles. The zero-order valence-electron chi connectivity index (χ0n) is 13.3. The van der Waals surface area contributed by atoms with Crippen molar-refractivity contribution in [2.24, 2.45) is 0 Å². The van der Waals surface area contributed by atoms with Crippen LogP contribution in [-0.4, -0.2) is 11.8 Å². The summed E-state index contributed by atoms with van der Waals surface area (Å²) in [6, 6.07) is 15.3. The summed E-state index contributed by atoms with van der Waals surface area (Å²) >= 11 is 7.17. The van der Waals surface area contributed by atoms with Crippen LogP contribution in [0.4, 0.5) is 0 Å². The molecule has 3 aromatic rings. The summed E-state index contributed by atoms with van der Waals surface area (Å²) in [7, 11) is 0. The van der Waals surface area contributed by atoms with Crippen molar-refractivity contribution < 1.29 is 19.1 Å². The zero-order valence-corrected chi connectivity index (χ0v) is 14.8. The van der Waals surface area contributed by atoms with E-state index in [1.807, 2.05) is 0 Å². The smallest absolute Gasteiger partial charge is 0.353 e. The summed E-state index contributed by atoms with van der Waals surface area (Å²) in [5, 5.41) is 2.42. The van der Waals surface area contributed by atoms with Gasteiger partial charge in [0.25, 0.3) is 0 Å². The van der Waals surface area contributed by atoms with Crippen LogP contribution in [0.3, 0.4) is 0 Å². The molecule has 6 heteroatoms. The number of carbonyl (C=O) groups excluding carboxylic acids is 2. The number of halogens is 1. The van der Waals surface area contributed by atoms with Crippen molar-refractivity contribution >= 4 is 40.8 Å². The van der Waals surface area contributed by atoms with Gasteiger partial charge in [-0.1, -0.05) is 29.8 Å². The highest BCUT2D eigenvalue weighted by Crippen LogP contribution is 2.35. The Morgan fingerprint density at radius 3 is 2.65 bits per heavy atom. The van der Waals surface area contributed by atoms with Crippen LogP contribution in [-0.2, 0) is 0 Å². The second kappa shape index (κ2) is 6.78. The van der Waals surface area contributed by atoms with E-state index in [9.17, 15) is 9.59 Å². The normalized spacial score (nSPS) is 14.2. The lowest BCUT2D eigenvalue weighted by atomic mass is 10.1. The number of hydrogen-bond acceptors (Lipinski definition) is 5. The first-order valence-electron chi connectivity index (χ1n) is 7.70. The molecule has 0 radical (unpaired) electrons. The summed E-state index contributed by atoms with van der Waals surface area (Å²) in [5.74, 6) is 0.241. The first-order chi connectivity index (χ1) is 12.6. The van der Waals surface area contributed by atoms with Gasteiger partial charge < -0.3 is 9.47 Å². The molecule has 1 aliphatic heterocycles. The minimum absolute atomic E-state index is 0.212. The Balaban J connectivity index is 1.56. The summed E-state index contributed by atoms with van der Waals surface area (Å²) in [6.45, 7) is 0. The fraction of sp³-hybridized carbons (Fsp3) is 0. The van der Waals surface area contributed by atoms with E-state index in [-0.39, 0.29) is 11.5 Å². The lowest BCUT2D eigenvalue weighted by Crippen LogP contribution is -2.06. The second-order valence-corrected chi connectivity index (χ2v) is 6.90. The van der Waals surface area contributed by atoms with Gasteiger partial charge in [-0.05, 0) is 47.4 Å². The standard InChI is InChI=1S/C20H11ClO4S/c21-13-5-3-12(4-6-13)10-17-19(22)15-8-7-14(11-16(15)25-17)24-20(23)18-2-1-9-26-18/h1-11H/b17-10-. The van der Waals surface area contributed by atoms with Crippen molar-refractivity contribution in [3.63, 3.8) is 0 Å². The van der Waals surface area contributed by atoms with Gasteiger partial charge in [-0.2, -0.15) is 0 Å². The molecule has 0 unspecified atom stereocenters. The lowest BCUT2D eigenvalue weighted by Gasteiger charge is -2.04. The van der Waals surface area contributed by atoms with E-state index in [0.717, 1.165) is 5.56 Å². The molecular weight excluding hydrogens is 372 g/mol. The Labute approximate surface area is 158 Å². The highest BCUT2D eigenvalue weighted by atomic mass is 35.5. The molecule has 0 fully saturated rings. The van der Waals surface area contributed by atoms with Crippen molar-refractivity contribution in [2.45, 2.75) is 0 Å². The minimum Gasteiger partial charge on any atom is -0.452 e. The summed E-state index contributed by atoms with van der Waals surface area (Å²) < 4.78 is 11.0. The van der Waals surface area contributed by atoms with Gasteiger partial charge in [0.05, 0.1) is 5.56 Å². The van der Waals surface area contributed by atoms with Crippen LogP contribution in [0.5, 0.6) is 11.5 Å². The molecule has 26 heavy (non-hydrogen) atoms. The van der Waals surface area contributed by atoms with Crippen molar-refractivity contribution in [1.82, 2.24) is 0 Å². The van der Waals surface area contributed by atoms with Gasteiger partial charge in [0.2, 0.25) is 5.78 Å². The largest absolute Gasteiger partial charge is 0.452 e. The Kier molecular flexibility index (Phi) is 4.32. The van der Waals surface area contributed by atoms with Gasteiger partial charge >= 0.3 is 5.97 Å². The fourth-order valence-electron chi connectivity index (χ4n) is 2.49. The van der Waals surface area contributed by atoms with E-state index < -0.39 is 5.97 Å². The van der Waals surface area contributed by atoms with Gasteiger partial charge in [-0.3, -0.25) is 4.79 Å². The van der Waals surface area contributed by atoms with Gasteiger partial charge in [-0.15, -0.1) is 11.3 Å². The number of thiophene rings is 1. The first kappa shape index (κ1) is 16.6. The third-order valence-corrected chi connectivity index (χ3v) is 4.84. The number of fused-ring (bicyclic) bond motifs is 1. The fourth-order valence-corrected chi connectivity index (χ4v) is 3.22. The Hall–Kier alpha value is -2.89. The number of hydrogen-bond donors (Lipinski definition) is 0. The highest BCUT2D eigenvalue weighted by molar-refractivity contribution is 7.12. The maximum atomic E-state index is 12.5. The number of carbonyl (C=O) groups is 2. The van der Waals surface area contributed by atoms with Gasteiger partial charge in [0.1, 0.15) is 16.4 Å². The molecule has 0 bridgehead atoms. The number of esters is 1. The van der Waals surface area contributed by atoms with Crippen molar-refractivity contribution in [2.75, 3.05) is 0 Å². The molecule has 0 atom stereocenters. The molecule has 1 aromatic heterocycles. The summed E-state index contributed by atoms with van der Waals surface area (Å²) in [5.41, 5.74) is 1.23. The van der Waals surface area contributed by atoms with Crippen LogP contribution in [0, 0.1) is 0 Å². The quantitative estimate of drug-likeness (QED) is 0.353. The number of benzene rings is 2. The number of ketones is 1.